The first-order valence-electron chi connectivity index (χ1n) is 9.75. The molecule has 0 aliphatic heterocycles. The van der Waals surface area contributed by atoms with Crippen molar-refractivity contribution < 1.29 is 14.7 Å². The highest BCUT2D eigenvalue weighted by atomic mass is 32.1. The first kappa shape index (κ1) is 19.3. The van der Waals surface area contributed by atoms with E-state index in [2.05, 4.69) is 34.6 Å². The van der Waals surface area contributed by atoms with E-state index >= 15 is 0 Å². The van der Waals surface area contributed by atoms with E-state index < -0.39 is 17.8 Å². The number of aromatic nitrogens is 1. The molecule has 2 aromatic carbocycles. The van der Waals surface area contributed by atoms with Crippen LogP contribution in [-0.4, -0.2) is 16.9 Å². The summed E-state index contributed by atoms with van der Waals surface area (Å²) < 4.78 is 0. The lowest BCUT2D eigenvalue weighted by Gasteiger charge is -2.30. The number of carbonyl (C=O) groups excluding carboxylic acids is 2. The van der Waals surface area contributed by atoms with Crippen LogP contribution < -0.4 is 10.4 Å². The molecule has 1 amide bonds. The highest BCUT2D eigenvalue weighted by Crippen LogP contribution is 2.32. The molecule has 3 aromatic rings. The summed E-state index contributed by atoms with van der Waals surface area (Å²) in [5, 5.41) is 16.5. The van der Waals surface area contributed by atoms with E-state index in [0.29, 0.717) is 18.0 Å². The third kappa shape index (κ3) is 4.38. The predicted molar refractivity (Wildman–Crippen MR) is 112 cm³/mol. The summed E-state index contributed by atoms with van der Waals surface area (Å²) in [5.74, 6) is -2.68. The van der Waals surface area contributed by atoms with E-state index in [4.69, 9.17) is 0 Å². The minimum Gasteiger partial charge on any atom is -0.550 e. The van der Waals surface area contributed by atoms with Gasteiger partial charge in [0, 0.05) is 28.7 Å². The molecule has 1 heterocycles. The van der Waals surface area contributed by atoms with Gasteiger partial charge in [0.15, 0.2) is 5.13 Å². The van der Waals surface area contributed by atoms with Crippen LogP contribution in [0.2, 0.25) is 0 Å². The van der Waals surface area contributed by atoms with Crippen molar-refractivity contribution >= 4 is 28.3 Å². The lowest BCUT2D eigenvalue weighted by atomic mass is 9.79. The van der Waals surface area contributed by atoms with Crippen molar-refractivity contribution in [2.45, 2.75) is 25.7 Å². The Labute approximate surface area is 173 Å². The minimum absolute atomic E-state index is 0.278. The Morgan fingerprint density at radius 3 is 2.21 bits per heavy atom. The molecular formula is C23H21N2O3S-. The van der Waals surface area contributed by atoms with Gasteiger partial charge in [0.2, 0.25) is 5.91 Å². The summed E-state index contributed by atoms with van der Waals surface area (Å²) in [4.78, 5) is 28.4. The van der Waals surface area contributed by atoms with Gasteiger partial charge >= 0.3 is 0 Å². The normalized spacial score (nSPS) is 18.9. The molecule has 1 aromatic heterocycles. The summed E-state index contributed by atoms with van der Waals surface area (Å²) in [6, 6.07) is 18.3. The lowest BCUT2D eigenvalue weighted by molar-refractivity contribution is -0.313. The molecule has 29 heavy (non-hydrogen) atoms. The number of rotatable bonds is 5. The van der Waals surface area contributed by atoms with Crippen LogP contribution in [0.5, 0.6) is 0 Å². The molecule has 0 spiro atoms. The summed E-state index contributed by atoms with van der Waals surface area (Å²) in [6.07, 6.45) is 2.75. The van der Waals surface area contributed by atoms with Crippen molar-refractivity contribution in [3.63, 3.8) is 0 Å². The zero-order chi connectivity index (χ0) is 20.2. The van der Waals surface area contributed by atoms with E-state index in [-0.39, 0.29) is 5.91 Å². The second-order valence-corrected chi connectivity index (χ2v) is 8.15. The van der Waals surface area contributed by atoms with E-state index in [1.54, 1.807) is 0 Å². The first-order chi connectivity index (χ1) is 14.1. The molecule has 0 radical (unpaired) electrons. The number of carbonyl (C=O) groups is 2. The highest BCUT2D eigenvalue weighted by molar-refractivity contribution is 7.14. The number of carboxylic acids is 1. The van der Waals surface area contributed by atoms with Crippen LogP contribution in [0.3, 0.4) is 0 Å². The Balaban J connectivity index is 1.45. The van der Waals surface area contributed by atoms with Gasteiger partial charge in [-0.15, -0.1) is 11.3 Å². The third-order valence-corrected chi connectivity index (χ3v) is 6.19. The van der Waals surface area contributed by atoms with Gasteiger partial charge in [-0.2, -0.15) is 0 Å². The fraction of sp³-hybridized carbons (Fsp3) is 0.261. The van der Waals surface area contributed by atoms with Crippen LogP contribution in [0.1, 0.15) is 25.7 Å². The van der Waals surface area contributed by atoms with Crippen molar-refractivity contribution in [2.24, 2.45) is 11.8 Å². The van der Waals surface area contributed by atoms with Crippen molar-refractivity contribution in [1.82, 2.24) is 4.98 Å². The van der Waals surface area contributed by atoms with Crippen LogP contribution >= 0.6 is 11.3 Å². The van der Waals surface area contributed by atoms with Crippen LogP contribution in [0.25, 0.3) is 22.4 Å². The first-order valence-corrected chi connectivity index (χ1v) is 10.6. The van der Waals surface area contributed by atoms with Crippen LogP contribution in [-0.2, 0) is 9.59 Å². The Morgan fingerprint density at radius 1 is 0.897 bits per heavy atom. The number of hydrogen-bond donors (Lipinski definition) is 1. The number of anilines is 1. The van der Waals surface area contributed by atoms with Crippen molar-refractivity contribution in [3.8, 4) is 22.4 Å². The third-order valence-electron chi connectivity index (χ3n) is 5.43. The maximum Gasteiger partial charge on any atom is 0.229 e. The molecule has 0 saturated heterocycles. The highest BCUT2D eigenvalue weighted by Gasteiger charge is 2.32. The topological polar surface area (TPSA) is 82.1 Å². The van der Waals surface area contributed by atoms with Crippen molar-refractivity contribution in [1.29, 1.82) is 0 Å². The smallest absolute Gasteiger partial charge is 0.229 e. The maximum absolute atomic E-state index is 12.6. The molecule has 4 rings (SSSR count). The molecule has 1 saturated carbocycles. The van der Waals surface area contributed by atoms with Gasteiger partial charge in [0.1, 0.15) is 0 Å². The van der Waals surface area contributed by atoms with E-state index in [9.17, 15) is 14.7 Å². The Hall–Kier alpha value is -2.99. The predicted octanol–water partition coefficient (Wildman–Crippen LogP) is 3.97. The molecule has 6 heteroatoms. The maximum atomic E-state index is 12.6. The molecule has 1 aliphatic carbocycles. The van der Waals surface area contributed by atoms with Gasteiger partial charge in [0.05, 0.1) is 5.69 Å². The number of benzene rings is 2. The monoisotopic (exact) mass is 405 g/mol. The fourth-order valence-corrected chi connectivity index (χ4v) is 4.58. The van der Waals surface area contributed by atoms with Crippen molar-refractivity contribution in [2.75, 3.05) is 5.32 Å². The Morgan fingerprint density at radius 2 is 1.52 bits per heavy atom. The largest absolute Gasteiger partial charge is 0.550 e. The number of nitrogens with zero attached hydrogens (tertiary/aromatic N) is 1. The number of amides is 1. The average Bonchev–Trinajstić information content (AvgIpc) is 3.23. The van der Waals surface area contributed by atoms with Crippen molar-refractivity contribution in [3.05, 3.63) is 60.0 Å². The molecular weight excluding hydrogens is 384 g/mol. The number of carboxylic acid groups (broad SMARTS) is 1. The quantitative estimate of drug-likeness (QED) is 0.696. The number of nitrogens with one attached hydrogen (secondary N) is 1. The number of aliphatic carboxylic acids is 1. The molecule has 0 unspecified atom stereocenters. The SMILES string of the molecule is O=C([O-])[C@@H]1CCCC[C@H]1C(=O)Nc1nc(-c2ccc(-c3ccccc3)cc2)cs1. The summed E-state index contributed by atoms with van der Waals surface area (Å²) in [6.45, 7) is 0. The molecule has 2 atom stereocenters. The molecule has 148 valence electrons. The summed E-state index contributed by atoms with van der Waals surface area (Å²) in [5.41, 5.74) is 4.03. The number of thiazole rings is 1. The van der Waals surface area contributed by atoms with Crippen LogP contribution in [0.15, 0.2) is 60.0 Å². The van der Waals surface area contributed by atoms with Gasteiger partial charge in [-0.05, 0) is 24.0 Å². The van der Waals surface area contributed by atoms with Gasteiger partial charge in [-0.3, -0.25) is 4.79 Å². The van der Waals surface area contributed by atoms with E-state index in [1.165, 1.54) is 11.3 Å². The number of hydrogen-bond acceptors (Lipinski definition) is 5. The van der Waals surface area contributed by atoms with E-state index in [1.807, 2.05) is 35.7 Å². The van der Waals surface area contributed by atoms with E-state index in [0.717, 1.165) is 35.2 Å². The Bertz CT molecular complexity index is 998. The summed E-state index contributed by atoms with van der Waals surface area (Å²) >= 11 is 1.34. The molecule has 5 nitrogen and oxygen atoms in total. The minimum atomic E-state index is -1.14. The Kier molecular flexibility index (Phi) is 5.71. The molecule has 1 aliphatic rings. The fourth-order valence-electron chi connectivity index (χ4n) is 3.85. The second-order valence-electron chi connectivity index (χ2n) is 7.29. The lowest BCUT2D eigenvalue weighted by Crippen LogP contribution is -2.42. The zero-order valence-electron chi connectivity index (χ0n) is 15.8. The van der Waals surface area contributed by atoms with Crippen LogP contribution in [0.4, 0.5) is 5.13 Å². The second kappa shape index (κ2) is 8.57. The summed E-state index contributed by atoms with van der Waals surface area (Å²) in [7, 11) is 0. The van der Waals surface area contributed by atoms with Gasteiger partial charge in [-0.1, -0.05) is 67.4 Å². The zero-order valence-corrected chi connectivity index (χ0v) is 16.7. The van der Waals surface area contributed by atoms with Gasteiger partial charge in [0.25, 0.3) is 0 Å². The molecule has 1 N–H and O–H groups in total. The van der Waals surface area contributed by atoms with Crippen LogP contribution in [0, 0.1) is 11.8 Å². The standard InChI is InChI=1S/C23H22N2O3S/c26-21(18-8-4-5-9-19(18)22(27)28)25-23-24-20(14-29-23)17-12-10-16(11-13-17)15-6-2-1-3-7-15/h1-3,6-7,10-14,18-19H,4-5,8-9H2,(H,27,28)(H,24,25,26)/p-1/t18-,19-/m1/s1. The molecule has 0 bridgehead atoms. The van der Waals surface area contributed by atoms with Gasteiger partial charge < -0.3 is 15.2 Å². The van der Waals surface area contributed by atoms with Gasteiger partial charge in [-0.25, -0.2) is 4.98 Å². The average molecular weight is 405 g/mol. The molecule has 1 fully saturated rings.